The van der Waals surface area contributed by atoms with Crippen LogP contribution >= 0.6 is 11.6 Å². The van der Waals surface area contributed by atoms with Crippen molar-refractivity contribution in [3.05, 3.63) is 29.0 Å². The van der Waals surface area contributed by atoms with Gasteiger partial charge in [0.1, 0.15) is 5.82 Å². The average molecular weight is 294 g/mol. The number of fused-ring (bicyclic) bond motifs is 1. The third kappa shape index (κ3) is 3.33. The lowest BCUT2D eigenvalue weighted by atomic mass is 10.1. The van der Waals surface area contributed by atoms with E-state index in [0.29, 0.717) is 6.04 Å². The van der Waals surface area contributed by atoms with Gasteiger partial charge in [-0.05, 0) is 50.9 Å². The zero-order valence-corrected chi connectivity index (χ0v) is 13.2. The number of nitrogens with zero attached hydrogens (tertiary/aromatic N) is 2. The van der Waals surface area contributed by atoms with Crippen LogP contribution < -0.4 is 5.73 Å². The van der Waals surface area contributed by atoms with Crippen LogP contribution in [0.4, 0.5) is 0 Å². The van der Waals surface area contributed by atoms with Gasteiger partial charge < -0.3 is 10.3 Å². The maximum Gasteiger partial charge on any atom is 0.110 e. The molecule has 0 saturated heterocycles. The average Bonchev–Trinajstić information content (AvgIpc) is 2.80. The Hall–Kier alpha value is -1.06. The normalized spacial score (nSPS) is 13.0. The quantitative estimate of drug-likeness (QED) is 0.772. The van der Waals surface area contributed by atoms with E-state index in [0.717, 1.165) is 42.8 Å². The smallest absolute Gasteiger partial charge is 0.110 e. The van der Waals surface area contributed by atoms with E-state index in [1.54, 1.807) is 0 Å². The van der Waals surface area contributed by atoms with Crippen molar-refractivity contribution in [2.24, 2.45) is 5.73 Å². The zero-order chi connectivity index (χ0) is 14.5. The lowest BCUT2D eigenvalue weighted by Gasteiger charge is -2.16. The molecule has 0 aliphatic rings. The van der Waals surface area contributed by atoms with Crippen molar-refractivity contribution in [1.82, 2.24) is 9.55 Å². The molecule has 4 heteroatoms. The summed E-state index contributed by atoms with van der Waals surface area (Å²) in [6.07, 6.45) is 5.52. The van der Waals surface area contributed by atoms with E-state index in [2.05, 4.69) is 24.5 Å². The fourth-order valence-corrected chi connectivity index (χ4v) is 2.74. The number of rotatable bonds is 7. The highest BCUT2D eigenvalue weighted by atomic mass is 35.5. The highest BCUT2D eigenvalue weighted by Gasteiger charge is 2.14. The van der Waals surface area contributed by atoms with E-state index in [1.807, 2.05) is 12.1 Å². The number of aryl methyl sites for hydroxylation is 1. The predicted octanol–water partition coefficient (Wildman–Crippen LogP) is 4.33. The number of imidazole rings is 1. The van der Waals surface area contributed by atoms with Crippen LogP contribution in [0.15, 0.2) is 18.2 Å². The Morgan fingerprint density at radius 3 is 2.80 bits per heavy atom. The molecular weight excluding hydrogens is 270 g/mol. The van der Waals surface area contributed by atoms with E-state index >= 15 is 0 Å². The van der Waals surface area contributed by atoms with Gasteiger partial charge in [-0.2, -0.15) is 0 Å². The first-order valence-corrected chi connectivity index (χ1v) is 7.91. The van der Waals surface area contributed by atoms with Crippen LogP contribution in [-0.4, -0.2) is 16.1 Å². The van der Waals surface area contributed by atoms with Crippen LogP contribution in [0.3, 0.4) is 0 Å². The number of nitrogens with two attached hydrogens (primary N) is 1. The minimum Gasteiger partial charge on any atom is -0.330 e. The van der Waals surface area contributed by atoms with Gasteiger partial charge in [-0.1, -0.05) is 24.9 Å². The fraction of sp³-hybridized carbons (Fsp3) is 0.562. The molecule has 20 heavy (non-hydrogen) atoms. The van der Waals surface area contributed by atoms with Crippen LogP contribution in [-0.2, 0) is 6.42 Å². The van der Waals surface area contributed by atoms with Crippen LogP contribution in [0, 0.1) is 0 Å². The molecule has 110 valence electrons. The topological polar surface area (TPSA) is 43.8 Å². The molecule has 0 bridgehead atoms. The number of halogens is 1. The standard InChI is InChI=1S/C16H24ClN3/c1-3-12(2)20-15-9-8-13(17)11-14(15)19-16(20)7-5-4-6-10-18/h8-9,11-12H,3-7,10,18H2,1-2H3/t12-/m0/s1. The van der Waals surface area contributed by atoms with Gasteiger partial charge in [-0.15, -0.1) is 0 Å². The summed E-state index contributed by atoms with van der Waals surface area (Å²) >= 11 is 6.08. The molecule has 1 aromatic heterocycles. The monoisotopic (exact) mass is 293 g/mol. The Bertz CT molecular complexity index is 562. The molecule has 3 nitrogen and oxygen atoms in total. The largest absolute Gasteiger partial charge is 0.330 e. The Kier molecular flexibility index (Phi) is 5.44. The number of aromatic nitrogens is 2. The number of hydrogen-bond donors (Lipinski definition) is 1. The molecular formula is C16H24ClN3. The second-order valence-corrected chi connectivity index (χ2v) is 5.82. The minimum absolute atomic E-state index is 0.464. The van der Waals surface area contributed by atoms with Gasteiger partial charge in [0.2, 0.25) is 0 Å². The molecule has 2 aromatic rings. The molecule has 2 N–H and O–H groups in total. The number of benzene rings is 1. The summed E-state index contributed by atoms with van der Waals surface area (Å²) in [5, 5.41) is 0.751. The summed E-state index contributed by atoms with van der Waals surface area (Å²) in [5.41, 5.74) is 7.75. The lowest BCUT2D eigenvalue weighted by Crippen LogP contribution is -2.09. The lowest BCUT2D eigenvalue weighted by molar-refractivity contribution is 0.514. The molecule has 0 radical (unpaired) electrons. The molecule has 1 heterocycles. The van der Waals surface area contributed by atoms with Crippen molar-refractivity contribution in [2.75, 3.05) is 6.54 Å². The van der Waals surface area contributed by atoms with Gasteiger partial charge in [-0.3, -0.25) is 0 Å². The Balaban J connectivity index is 2.31. The van der Waals surface area contributed by atoms with Gasteiger partial charge in [0.25, 0.3) is 0 Å². The van der Waals surface area contributed by atoms with Gasteiger partial charge in [0.15, 0.2) is 0 Å². The second-order valence-electron chi connectivity index (χ2n) is 5.39. The maximum atomic E-state index is 6.08. The van der Waals surface area contributed by atoms with Gasteiger partial charge in [-0.25, -0.2) is 4.98 Å². The SMILES string of the molecule is CC[C@H](C)n1c(CCCCCN)nc2cc(Cl)ccc21. The molecule has 0 saturated carbocycles. The van der Waals surface area contributed by atoms with Crippen LogP contribution in [0.25, 0.3) is 11.0 Å². The fourth-order valence-electron chi connectivity index (χ4n) is 2.58. The van der Waals surface area contributed by atoms with Crippen molar-refractivity contribution < 1.29 is 0 Å². The highest BCUT2D eigenvalue weighted by Crippen LogP contribution is 2.26. The molecule has 0 fully saturated rings. The highest BCUT2D eigenvalue weighted by molar-refractivity contribution is 6.31. The number of hydrogen-bond acceptors (Lipinski definition) is 2. The second kappa shape index (κ2) is 7.09. The number of unbranched alkanes of at least 4 members (excludes halogenated alkanes) is 2. The maximum absolute atomic E-state index is 6.08. The van der Waals surface area contributed by atoms with Crippen LogP contribution in [0.1, 0.15) is 51.4 Å². The first-order valence-electron chi connectivity index (χ1n) is 7.53. The van der Waals surface area contributed by atoms with E-state index in [4.69, 9.17) is 22.3 Å². The van der Waals surface area contributed by atoms with Crippen LogP contribution in [0.5, 0.6) is 0 Å². The Morgan fingerprint density at radius 2 is 2.10 bits per heavy atom. The molecule has 0 aliphatic heterocycles. The van der Waals surface area contributed by atoms with E-state index < -0.39 is 0 Å². The minimum atomic E-state index is 0.464. The van der Waals surface area contributed by atoms with Crippen molar-refractivity contribution in [2.45, 2.75) is 52.0 Å². The van der Waals surface area contributed by atoms with E-state index in [9.17, 15) is 0 Å². The first kappa shape index (κ1) is 15.3. The molecule has 2 rings (SSSR count). The van der Waals surface area contributed by atoms with Crippen molar-refractivity contribution >= 4 is 22.6 Å². The van der Waals surface area contributed by atoms with Crippen molar-refractivity contribution in [3.8, 4) is 0 Å². The third-order valence-electron chi connectivity index (χ3n) is 3.86. The molecule has 0 amide bonds. The van der Waals surface area contributed by atoms with Gasteiger partial charge in [0, 0.05) is 17.5 Å². The molecule has 1 atom stereocenters. The van der Waals surface area contributed by atoms with Crippen molar-refractivity contribution in [1.29, 1.82) is 0 Å². The van der Waals surface area contributed by atoms with Gasteiger partial charge in [0.05, 0.1) is 11.0 Å². The zero-order valence-electron chi connectivity index (χ0n) is 12.4. The summed E-state index contributed by atoms with van der Waals surface area (Å²) in [6.45, 7) is 5.24. The summed E-state index contributed by atoms with van der Waals surface area (Å²) in [5.74, 6) is 1.17. The molecule has 0 spiro atoms. The van der Waals surface area contributed by atoms with Crippen molar-refractivity contribution in [3.63, 3.8) is 0 Å². The van der Waals surface area contributed by atoms with Gasteiger partial charge >= 0.3 is 0 Å². The molecule has 0 aliphatic carbocycles. The Morgan fingerprint density at radius 1 is 1.30 bits per heavy atom. The third-order valence-corrected chi connectivity index (χ3v) is 4.10. The molecule has 1 aromatic carbocycles. The van der Waals surface area contributed by atoms with E-state index in [1.165, 1.54) is 17.8 Å². The summed E-state index contributed by atoms with van der Waals surface area (Å²) in [6, 6.07) is 6.45. The van der Waals surface area contributed by atoms with E-state index in [-0.39, 0.29) is 0 Å². The predicted molar refractivity (Wildman–Crippen MR) is 86.4 cm³/mol. The Labute approximate surface area is 126 Å². The van der Waals surface area contributed by atoms with Crippen LogP contribution in [0.2, 0.25) is 5.02 Å². The molecule has 0 unspecified atom stereocenters. The summed E-state index contributed by atoms with van der Waals surface area (Å²) in [7, 11) is 0. The summed E-state index contributed by atoms with van der Waals surface area (Å²) < 4.78 is 2.37. The summed E-state index contributed by atoms with van der Waals surface area (Å²) in [4.78, 5) is 4.79. The first-order chi connectivity index (χ1) is 9.67.